The van der Waals surface area contributed by atoms with Crippen molar-refractivity contribution in [1.82, 2.24) is 4.31 Å². The third-order valence-corrected chi connectivity index (χ3v) is 5.59. The van der Waals surface area contributed by atoms with Gasteiger partial charge in [0.1, 0.15) is 0 Å². The van der Waals surface area contributed by atoms with Gasteiger partial charge in [-0.1, -0.05) is 50.6 Å². The Hall–Kier alpha value is -0.810. The van der Waals surface area contributed by atoms with Crippen molar-refractivity contribution in [3.8, 4) is 0 Å². The van der Waals surface area contributed by atoms with E-state index in [2.05, 4.69) is 17.3 Å². The summed E-state index contributed by atoms with van der Waals surface area (Å²) < 4.78 is 7.35. The molecule has 1 aliphatic rings. The number of nitrogens with zero attached hydrogens (tertiary/aromatic N) is 1. The predicted octanol–water partition coefficient (Wildman–Crippen LogP) is 4.93. The minimum atomic E-state index is -0.0774. The summed E-state index contributed by atoms with van der Waals surface area (Å²) in [6, 6.07) is 0.402. The number of rotatable bonds is 14. The standard InChI is InChI=1S/C20H35NO3S/c1-3-5-8-11-19(22)14-13-18-15-17-25-21(18)16-10-7-6-9-12-20(23)24-4-2/h13-14,18H,3-12,15-17H2,1-2H3/b14-13+. The second-order valence-electron chi connectivity index (χ2n) is 6.58. The second kappa shape index (κ2) is 14.4. The number of hydrogen-bond donors (Lipinski definition) is 0. The number of ketones is 1. The van der Waals surface area contributed by atoms with E-state index in [-0.39, 0.29) is 11.8 Å². The molecular weight excluding hydrogens is 334 g/mol. The SMILES string of the molecule is CCCCCC(=O)/C=C/C1CCSN1CCCCCCC(=O)OCC. The minimum absolute atomic E-state index is 0.0774. The highest BCUT2D eigenvalue weighted by atomic mass is 32.2. The van der Waals surface area contributed by atoms with E-state index in [0.717, 1.165) is 63.7 Å². The molecule has 1 rings (SSSR count). The minimum Gasteiger partial charge on any atom is -0.466 e. The molecule has 144 valence electrons. The molecular formula is C20H35NO3S. The monoisotopic (exact) mass is 369 g/mol. The first-order chi connectivity index (χ1) is 12.2. The van der Waals surface area contributed by atoms with E-state index in [0.29, 0.717) is 25.5 Å². The van der Waals surface area contributed by atoms with Gasteiger partial charge in [-0.05, 0) is 38.7 Å². The van der Waals surface area contributed by atoms with Gasteiger partial charge in [0.15, 0.2) is 5.78 Å². The zero-order valence-electron chi connectivity index (χ0n) is 16.0. The maximum absolute atomic E-state index is 11.9. The van der Waals surface area contributed by atoms with Crippen LogP contribution in [0.25, 0.3) is 0 Å². The van der Waals surface area contributed by atoms with Gasteiger partial charge in [0.25, 0.3) is 0 Å². The summed E-state index contributed by atoms with van der Waals surface area (Å²) in [4.78, 5) is 23.1. The fourth-order valence-electron chi connectivity index (χ4n) is 2.93. The summed E-state index contributed by atoms with van der Waals surface area (Å²) in [5.41, 5.74) is 0. The fraction of sp³-hybridized carbons (Fsp3) is 0.800. The van der Waals surface area contributed by atoms with E-state index in [1.165, 1.54) is 0 Å². The Kier molecular flexibility index (Phi) is 12.8. The number of hydrogen-bond acceptors (Lipinski definition) is 5. The van der Waals surface area contributed by atoms with E-state index >= 15 is 0 Å². The average Bonchev–Trinajstić information content (AvgIpc) is 3.04. The van der Waals surface area contributed by atoms with Crippen LogP contribution in [-0.4, -0.2) is 41.0 Å². The maximum atomic E-state index is 11.9. The number of unbranched alkanes of at least 4 members (excludes halogenated alkanes) is 5. The molecule has 0 spiro atoms. The molecule has 1 aliphatic heterocycles. The summed E-state index contributed by atoms with van der Waals surface area (Å²) in [5, 5.41) is 0. The molecule has 1 heterocycles. The van der Waals surface area contributed by atoms with Crippen LogP contribution in [-0.2, 0) is 14.3 Å². The van der Waals surface area contributed by atoms with E-state index in [9.17, 15) is 9.59 Å². The first kappa shape index (κ1) is 22.2. The number of allylic oxidation sites excluding steroid dienone is 1. The van der Waals surface area contributed by atoms with Gasteiger partial charge in [-0.3, -0.25) is 9.59 Å². The number of carbonyl (C=O) groups excluding carboxylic acids is 2. The van der Waals surface area contributed by atoms with Gasteiger partial charge in [-0.15, -0.1) is 0 Å². The van der Waals surface area contributed by atoms with E-state index in [4.69, 9.17) is 4.74 Å². The summed E-state index contributed by atoms with van der Waals surface area (Å²) in [6.07, 6.45) is 13.9. The molecule has 0 aromatic rings. The third kappa shape index (κ3) is 10.7. The molecule has 0 amide bonds. The van der Waals surface area contributed by atoms with Gasteiger partial charge in [0, 0.05) is 31.2 Å². The van der Waals surface area contributed by atoms with Crippen LogP contribution in [0, 0.1) is 0 Å². The van der Waals surface area contributed by atoms with Gasteiger partial charge in [0.05, 0.1) is 6.61 Å². The van der Waals surface area contributed by atoms with Crippen molar-refractivity contribution >= 4 is 23.7 Å². The average molecular weight is 370 g/mol. The Morgan fingerprint density at radius 3 is 2.60 bits per heavy atom. The first-order valence-electron chi connectivity index (χ1n) is 9.93. The van der Waals surface area contributed by atoms with Crippen molar-refractivity contribution in [2.75, 3.05) is 18.9 Å². The molecule has 0 aliphatic carbocycles. The Labute approximate surface area is 157 Å². The van der Waals surface area contributed by atoms with Gasteiger partial charge < -0.3 is 4.74 Å². The van der Waals surface area contributed by atoms with Crippen LogP contribution in [0.1, 0.15) is 78.1 Å². The molecule has 1 unspecified atom stereocenters. The van der Waals surface area contributed by atoms with Gasteiger partial charge in [-0.25, -0.2) is 4.31 Å². The van der Waals surface area contributed by atoms with E-state index < -0.39 is 0 Å². The Morgan fingerprint density at radius 1 is 1.08 bits per heavy atom. The highest BCUT2D eigenvalue weighted by Gasteiger charge is 2.22. The third-order valence-electron chi connectivity index (χ3n) is 4.39. The molecule has 0 saturated carbocycles. The van der Waals surface area contributed by atoms with Crippen LogP contribution in [0.15, 0.2) is 12.2 Å². The lowest BCUT2D eigenvalue weighted by Crippen LogP contribution is -2.23. The zero-order valence-corrected chi connectivity index (χ0v) is 16.8. The number of ether oxygens (including phenoxy) is 1. The van der Waals surface area contributed by atoms with Crippen molar-refractivity contribution in [1.29, 1.82) is 0 Å². The van der Waals surface area contributed by atoms with Gasteiger partial charge in [-0.2, -0.15) is 0 Å². The quantitative estimate of drug-likeness (QED) is 0.188. The van der Waals surface area contributed by atoms with Gasteiger partial charge in [0.2, 0.25) is 0 Å². The normalized spacial score (nSPS) is 18.1. The van der Waals surface area contributed by atoms with Crippen LogP contribution in [0.4, 0.5) is 0 Å². The zero-order chi connectivity index (χ0) is 18.3. The van der Waals surface area contributed by atoms with Crippen LogP contribution in [0.3, 0.4) is 0 Å². The summed E-state index contributed by atoms with van der Waals surface area (Å²) in [7, 11) is 0. The molecule has 4 nitrogen and oxygen atoms in total. The summed E-state index contributed by atoms with van der Waals surface area (Å²) in [5.74, 6) is 1.33. The molecule has 0 aromatic carbocycles. The molecule has 1 fully saturated rings. The Bertz CT molecular complexity index is 412. The van der Waals surface area contributed by atoms with Crippen LogP contribution >= 0.6 is 11.9 Å². The van der Waals surface area contributed by atoms with E-state index in [1.54, 1.807) is 6.08 Å². The maximum Gasteiger partial charge on any atom is 0.305 e. The van der Waals surface area contributed by atoms with Crippen molar-refractivity contribution in [2.45, 2.75) is 84.1 Å². The largest absolute Gasteiger partial charge is 0.466 e. The summed E-state index contributed by atoms with van der Waals surface area (Å²) in [6.45, 7) is 5.53. The smallest absolute Gasteiger partial charge is 0.305 e. The van der Waals surface area contributed by atoms with Crippen LogP contribution in [0.5, 0.6) is 0 Å². The second-order valence-corrected chi connectivity index (χ2v) is 7.72. The Balaban J connectivity index is 2.14. The number of esters is 1. The molecule has 0 radical (unpaired) electrons. The van der Waals surface area contributed by atoms with Crippen molar-refractivity contribution in [3.05, 3.63) is 12.2 Å². The lowest BCUT2D eigenvalue weighted by Gasteiger charge is -2.20. The first-order valence-corrected chi connectivity index (χ1v) is 10.9. The van der Waals surface area contributed by atoms with Crippen molar-refractivity contribution < 1.29 is 14.3 Å². The molecule has 1 saturated heterocycles. The molecule has 0 bridgehead atoms. The van der Waals surface area contributed by atoms with Gasteiger partial charge >= 0.3 is 5.97 Å². The highest BCUT2D eigenvalue weighted by molar-refractivity contribution is 7.97. The molecule has 0 aromatic heterocycles. The lowest BCUT2D eigenvalue weighted by atomic mass is 10.1. The summed E-state index contributed by atoms with van der Waals surface area (Å²) >= 11 is 1.90. The topological polar surface area (TPSA) is 46.6 Å². The molecule has 1 atom stereocenters. The number of carbonyl (C=O) groups is 2. The predicted molar refractivity (Wildman–Crippen MR) is 106 cm³/mol. The van der Waals surface area contributed by atoms with Crippen LogP contribution in [0.2, 0.25) is 0 Å². The van der Waals surface area contributed by atoms with E-state index in [1.807, 2.05) is 18.9 Å². The molecule has 5 heteroatoms. The molecule has 0 N–H and O–H groups in total. The Morgan fingerprint density at radius 2 is 1.84 bits per heavy atom. The lowest BCUT2D eigenvalue weighted by molar-refractivity contribution is -0.143. The van der Waals surface area contributed by atoms with Crippen molar-refractivity contribution in [3.63, 3.8) is 0 Å². The molecule has 25 heavy (non-hydrogen) atoms. The van der Waals surface area contributed by atoms with Crippen molar-refractivity contribution in [2.24, 2.45) is 0 Å². The fourth-order valence-corrected chi connectivity index (χ4v) is 4.13. The van der Waals surface area contributed by atoms with Crippen LogP contribution < -0.4 is 0 Å². The highest BCUT2D eigenvalue weighted by Crippen LogP contribution is 2.28.